The number of carbonyl (C=O) groups excluding carboxylic acids is 1. The lowest BCUT2D eigenvalue weighted by Gasteiger charge is -2.26. The fourth-order valence-corrected chi connectivity index (χ4v) is 4.08. The number of piperidine rings is 1. The maximum Gasteiger partial charge on any atom is 0.326 e. The third-order valence-electron chi connectivity index (χ3n) is 4.82. The fraction of sp³-hybridized carbons (Fsp3) is 0.333. The standard InChI is InChI=1S/C21H24N6O2S/c1-29-19-9-8-15(12-22-19)20-24-18(14-30-20)26-21(28)25-17-7-5-6-16(23-17)13-27-10-3-2-4-11-27/h5-9,12,14H,2-4,10-11,13H2,1H3,(H2,23,25,26,28). The van der Waals surface area contributed by atoms with Gasteiger partial charge in [-0.2, -0.15) is 0 Å². The monoisotopic (exact) mass is 424 g/mol. The van der Waals surface area contributed by atoms with Crippen LogP contribution in [0.25, 0.3) is 10.6 Å². The molecule has 0 unspecified atom stereocenters. The number of amides is 2. The molecule has 3 aromatic rings. The lowest BCUT2D eigenvalue weighted by molar-refractivity contribution is 0.218. The van der Waals surface area contributed by atoms with Gasteiger partial charge in [0.15, 0.2) is 0 Å². The molecule has 4 rings (SSSR count). The van der Waals surface area contributed by atoms with Crippen LogP contribution in [0.2, 0.25) is 0 Å². The highest BCUT2D eigenvalue weighted by molar-refractivity contribution is 7.13. The summed E-state index contributed by atoms with van der Waals surface area (Å²) in [5.41, 5.74) is 1.82. The van der Waals surface area contributed by atoms with Gasteiger partial charge in [-0.3, -0.25) is 15.5 Å². The Morgan fingerprint density at radius 1 is 1.10 bits per heavy atom. The SMILES string of the molecule is COc1ccc(-c2nc(NC(=O)Nc3cccc(CN4CCCCC4)n3)cs2)cn1. The topological polar surface area (TPSA) is 92.3 Å². The van der Waals surface area contributed by atoms with Gasteiger partial charge >= 0.3 is 6.03 Å². The van der Waals surface area contributed by atoms with Gasteiger partial charge in [0.05, 0.1) is 12.8 Å². The lowest BCUT2D eigenvalue weighted by Crippen LogP contribution is -2.29. The zero-order valence-electron chi connectivity index (χ0n) is 16.8. The van der Waals surface area contributed by atoms with E-state index in [2.05, 4.69) is 30.5 Å². The minimum absolute atomic E-state index is 0.373. The molecule has 1 fully saturated rings. The van der Waals surface area contributed by atoms with Gasteiger partial charge in [-0.15, -0.1) is 11.3 Å². The summed E-state index contributed by atoms with van der Waals surface area (Å²) in [5, 5.41) is 8.10. The van der Waals surface area contributed by atoms with Crippen LogP contribution < -0.4 is 15.4 Å². The Morgan fingerprint density at radius 3 is 2.70 bits per heavy atom. The number of hydrogen-bond acceptors (Lipinski definition) is 7. The van der Waals surface area contributed by atoms with E-state index in [-0.39, 0.29) is 6.03 Å². The number of likely N-dealkylation sites (tertiary alicyclic amines) is 1. The van der Waals surface area contributed by atoms with Crippen molar-refractivity contribution in [1.82, 2.24) is 19.9 Å². The predicted molar refractivity (Wildman–Crippen MR) is 118 cm³/mol. The molecule has 1 aliphatic rings. The fourth-order valence-electron chi connectivity index (χ4n) is 3.34. The number of ether oxygens (including phenoxy) is 1. The number of nitrogens with one attached hydrogen (secondary N) is 2. The molecule has 1 aliphatic heterocycles. The minimum Gasteiger partial charge on any atom is -0.481 e. The summed E-state index contributed by atoms with van der Waals surface area (Å²) >= 11 is 1.43. The third-order valence-corrected chi connectivity index (χ3v) is 5.71. The van der Waals surface area contributed by atoms with E-state index in [0.717, 1.165) is 35.9 Å². The van der Waals surface area contributed by atoms with Crippen molar-refractivity contribution in [2.75, 3.05) is 30.8 Å². The third kappa shape index (κ3) is 5.31. The molecule has 0 spiro atoms. The molecule has 4 heterocycles. The Bertz CT molecular complexity index is 985. The summed E-state index contributed by atoms with van der Waals surface area (Å²) in [5.74, 6) is 1.55. The summed E-state index contributed by atoms with van der Waals surface area (Å²) in [6, 6.07) is 8.98. The van der Waals surface area contributed by atoms with Gasteiger partial charge in [-0.05, 0) is 44.1 Å². The number of pyridine rings is 2. The highest BCUT2D eigenvalue weighted by Crippen LogP contribution is 2.26. The number of methoxy groups -OCH3 is 1. The lowest BCUT2D eigenvalue weighted by atomic mass is 10.1. The van der Waals surface area contributed by atoms with E-state index in [1.807, 2.05) is 18.2 Å². The zero-order valence-corrected chi connectivity index (χ0v) is 17.6. The molecule has 2 amide bonds. The second-order valence-electron chi connectivity index (χ2n) is 7.06. The molecular formula is C21H24N6O2S. The number of urea groups is 1. The molecule has 0 aliphatic carbocycles. The average Bonchev–Trinajstić information content (AvgIpc) is 3.23. The second-order valence-corrected chi connectivity index (χ2v) is 7.92. The van der Waals surface area contributed by atoms with Crippen molar-refractivity contribution in [3.63, 3.8) is 0 Å². The molecule has 0 aromatic carbocycles. The number of nitrogens with zero attached hydrogens (tertiary/aromatic N) is 4. The molecule has 1 saturated heterocycles. The van der Waals surface area contributed by atoms with Crippen molar-refractivity contribution in [1.29, 1.82) is 0 Å². The van der Waals surface area contributed by atoms with Crippen molar-refractivity contribution < 1.29 is 9.53 Å². The quantitative estimate of drug-likeness (QED) is 0.615. The number of aromatic nitrogens is 3. The van der Waals surface area contributed by atoms with E-state index >= 15 is 0 Å². The van der Waals surface area contributed by atoms with Crippen LogP contribution in [0.3, 0.4) is 0 Å². The van der Waals surface area contributed by atoms with Crippen LogP contribution >= 0.6 is 11.3 Å². The molecule has 0 atom stereocenters. The second kappa shape index (κ2) is 9.64. The maximum absolute atomic E-state index is 12.4. The molecule has 156 valence electrons. The normalized spacial score (nSPS) is 14.3. The van der Waals surface area contributed by atoms with E-state index in [1.54, 1.807) is 30.8 Å². The molecule has 3 aromatic heterocycles. The first kappa shape index (κ1) is 20.2. The van der Waals surface area contributed by atoms with Gasteiger partial charge in [-0.1, -0.05) is 12.5 Å². The Kier molecular flexibility index (Phi) is 6.50. The molecular weight excluding hydrogens is 400 g/mol. The van der Waals surface area contributed by atoms with Crippen molar-refractivity contribution in [2.45, 2.75) is 25.8 Å². The molecule has 0 radical (unpaired) electrons. The van der Waals surface area contributed by atoms with Crippen LogP contribution in [0.5, 0.6) is 5.88 Å². The van der Waals surface area contributed by atoms with Crippen molar-refractivity contribution in [2.24, 2.45) is 0 Å². The van der Waals surface area contributed by atoms with Gasteiger partial charge in [0, 0.05) is 29.8 Å². The number of thiazole rings is 1. The number of carbonyl (C=O) groups is 1. The maximum atomic E-state index is 12.4. The first-order valence-corrected chi connectivity index (χ1v) is 10.8. The summed E-state index contributed by atoms with van der Waals surface area (Å²) in [4.78, 5) is 28.0. The van der Waals surface area contributed by atoms with Crippen LogP contribution in [0.15, 0.2) is 41.9 Å². The summed E-state index contributed by atoms with van der Waals surface area (Å²) in [7, 11) is 1.57. The first-order valence-electron chi connectivity index (χ1n) is 9.92. The molecule has 8 nitrogen and oxygen atoms in total. The van der Waals surface area contributed by atoms with Crippen LogP contribution in [-0.2, 0) is 6.54 Å². The molecule has 9 heteroatoms. The average molecular weight is 425 g/mol. The van der Waals surface area contributed by atoms with Crippen LogP contribution in [0.1, 0.15) is 25.0 Å². The Morgan fingerprint density at radius 2 is 1.93 bits per heavy atom. The molecule has 0 saturated carbocycles. The van der Waals surface area contributed by atoms with E-state index in [0.29, 0.717) is 17.5 Å². The van der Waals surface area contributed by atoms with Crippen molar-refractivity contribution in [3.8, 4) is 16.5 Å². The Balaban J connectivity index is 1.34. The largest absolute Gasteiger partial charge is 0.481 e. The van der Waals surface area contributed by atoms with Gasteiger partial charge in [0.2, 0.25) is 5.88 Å². The van der Waals surface area contributed by atoms with E-state index in [1.165, 1.54) is 30.6 Å². The van der Waals surface area contributed by atoms with Crippen LogP contribution in [0, 0.1) is 0 Å². The highest BCUT2D eigenvalue weighted by Gasteiger charge is 2.13. The zero-order chi connectivity index (χ0) is 20.8. The smallest absolute Gasteiger partial charge is 0.326 e. The highest BCUT2D eigenvalue weighted by atomic mass is 32.1. The first-order chi connectivity index (χ1) is 14.7. The van der Waals surface area contributed by atoms with Gasteiger partial charge < -0.3 is 4.74 Å². The van der Waals surface area contributed by atoms with Crippen LogP contribution in [-0.4, -0.2) is 46.1 Å². The minimum atomic E-state index is -0.373. The van der Waals surface area contributed by atoms with E-state index < -0.39 is 0 Å². The predicted octanol–water partition coefficient (Wildman–Crippen LogP) is 4.24. The molecule has 30 heavy (non-hydrogen) atoms. The Hall–Kier alpha value is -3.04. The van der Waals surface area contributed by atoms with Gasteiger partial charge in [0.25, 0.3) is 0 Å². The van der Waals surface area contributed by atoms with E-state index in [9.17, 15) is 4.79 Å². The Labute approximate surface area is 179 Å². The number of anilines is 2. The molecule has 0 bridgehead atoms. The molecule has 2 N–H and O–H groups in total. The van der Waals surface area contributed by atoms with Gasteiger partial charge in [0.1, 0.15) is 16.6 Å². The van der Waals surface area contributed by atoms with E-state index in [4.69, 9.17) is 4.74 Å². The van der Waals surface area contributed by atoms with Crippen LogP contribution in [0.4, 0.5) is 16.4 Å². The number of rotatable bonds is 6. The summed E-state index contributed by atoms with van der Waals surface area (Å²) in [6.07, 6.45) is 5.48. The van der Waals surface area contributed by atoms with Crippen molar-refractivity contribution in [3.05, 3.63) is 47.6 Å². The summed E-state index contributed by atoms with van der Waals surface area (Å²) < 4.78 is 5.07. The van der Waals surface area contributed by atoms with Gasteiger partial charge in [-0.25, -0.2) is 19.7 Å². The summed E-state index contributed by atoms with van der Waals surface area (Å²) in [6.45, 7) is 3.02. The van der Waals surface area contributed by atoms with Crippen molar-refractivity contribution >= 4 is 29.0 Å². The number of hydrogen-bond donors (Lipinski definition) is 2.